The Balaban J connectivity index is 1.79. The average molecular weight is 467 g/mol. The van der Waals surface area contributed by atoms with Crippen molar-refractivity contribution in [1.82, 2.24) is 0 Å². The van der Waals surface area contributed by atoms with Crippen LogP contribution in [0, 0.1) is 18.3 Å². The maximum Gasteiger partial charge on any atom is 0.266 e. The number of ether oxygens (including phenoxy) is 2. The average Bonchev–Trinajstić information content (AvgIpc) is 2.79. The van der Waals surface area contributed by atoms with Crippen LogP contribution in [0.15, 0.2) is 66.2 Å². The topological polar surface area (TPSA) is 71.3 Å². The Kier molecular flexibility index (Phi) is 7.77. The van der Waals surface area contributed by atoms with Crippen molar-refractivity contribution >= 4 is 40.9 Å². The van der Waals surface area contributed by atoms with Crippen molar-refractivity contribution in [2.75, 3.05) is 12.4 Å². The lowest BCUT2D eigenvalue weighted by Crippen LogP contribution is -2.14. The Morgan fingerprint density at radius 3 is 2.50 bits per heavy atom. The van der Waals surface area contributed by atoms with Gasteiger partial charge in [0.15, 0.2) is 11.5 Å². The molecule has 0 saturated carbocycles. The number of benzene rings is 3. The summed E-state index contributed by atoms with van der Waals surface area (Å²) in [4.78, 5) is 12.6. The largest absolute Gasteiger partial charge is 0.493 e. The van der Waals surface area contributed by atoms with Gasteiger partial charge < -0.3 is 14.8 Å². The van der Waals surface area contributed by atoms with E-state index in [-0.39, 0.29) is 12.2 Å². The lowest BCUT2D eigenvalue weighted by Gasteiger charge is -2.12. The van der Waals surface area contributed by atoms with E-state index < -0.39 is 5.91 Å². The van der Waals surface area contributed by atoms with Crippen molar-refractivity contribution in [3.63, 3.8) is 0 Å². The zero-order valence-electron chi connectivity index (χ0n) is 17.5. The van der Waals surface area contributed by atoms with Gasteiger partial charge in [-0.25, -0.2) is 0 Å². The number of hydrogen-bond acceptors (Lipinski definition) is 4. The van der Waals surface area contributed by atoms with E-state index in [9.17, 15) is 10.1 Å². The fourth-order valence-corrected chi connectivity index (χ4v) is 3.41. The predicted molar refractivity (Wildman–Crippen MR) is 127 cm³/mol. The SMILES string of the molecule is COc1cc(/C=C(\C#N)C(=O)Nc2c(C)cccc2Cl)ccc1OCc1ccccc1Cl. The molecule has 162 valence electrons. The van der Waals surface area contributed by atoms with Crippen LogP contribution in [0.2, 0.25) is 10.0 Å². The Morgan fingerprint density at radius 1 is 1.06 bits per heavy atom. The molecule has 1 amide bonds. The second kappa shape index (κ2) is 10.7. The number of carbonyl (C=O) groups is 1. The summed E-state index contributed by atoms with van der Waals surface area (Å²) in [7, 11) is 1.52. The molecule has 7 heteroatoms. The first-order chi connectivity index (χ1) is 15.4. The molecule has 0 heterocycles. The van der Waals surface area contributed by atoms with Gasteiger partial charge in [0.2, 0.25) is 0 Å². The number of halogens is 2. The minimum Gasteiger partial charge on any atom is -0.493 e. The van der Waals surface area contributed by atoms with Crippen molar-refractivity contribution in [3.8, 4) is 17.6 Å². The van der Waals surface area contributed by atoms with E-state index in [1.165, 1.54) is 13.2 Å². The van der Waals surface area contributed by atoms with Crippen LogP contribution >= 0.6 is 23.2 Å². The normalized spacial score (nSPS) is 10.9. The highest BCUT2D eigenvalue weighted by molar-refractivity contribution is 6.34. The van der Waals surface area contributed by atoms with Crippen molar-refractivity contribution in [3.05, 3.63) is 93.0 Å². The summed E-state index contributed by atoms with van der Waals surface area (Å²) in [6.07, 6.45) is 1.47. The molecule has 0 radical (unpaired) electrons. The molecule has 0 bridgehead atoms. The Labute approximate surface area is 196 Å². The summed E-state index contributed by atoms with van der Waals surface area (Å²) in [6, 6.07) is 19.8. The van der Waals surface area contributed by atoms with Gasteiger partial charge in [-0.3, -0.25) is 4.79 Å². The molecule has 1 N–H and O–H groups in total. The van der Waals surface area contributed by atoms with Crippen molar-refractivity contribution < 1.29 is 14.3 Å². The Hall–Kier alpha value is -3.46. The van der Waals surface area contributed by atoms with E-state index >= 15 is 0 Å². The molecule has 3 aromatic rings. The van der Waals surface area contributed by atoms with Crippen molar-refractivity contribution in [2.45, 2.75) is 13.5 Å². The first-order valence-electron chi connectivity index (χ1n) is 9.65. The molecule has 0 spiro atoms. The van der Waals surface area contributed by atoms with Gasteiger partial charge in [-0.05, 0) is 48.4 Å². The molecule has 0 saturated heterocycles. The third-order valence-electron chi connectivity index (χ3n) is 4.67. The summed E-state index contributed by atoms with van der Waals surface area (Å²) >= 11 is 12.3. The number of methoxy groups -OCH3 is 1. The van der Waals surface area contributed by atoms with Crippen LogP contribution in [0.5, 0.6) is 11.5 Å². The first-order valence-corrected chi connectivity index (χ1v) is 10.4. The molecular formula is C25H20Cl2N2O3. The molecule has 0 atom stereocenters. The van der Waals surface area contributed by atoms with E-state index in [1.54, 1.807) is 36.4 Å². The zero-order chi connectivity index (χ0) is 23.1. The van der Waals surface area contributed by atoms with E-state index in [1.807, 2.05) is 37.3 Å². The summed E-state index contributed by atoms with van der Waals surface area (Å²) in [5.41, 5.74) is 2.65. The molecule has 32 heavy (non-hydrogen) atoms. The maximum absolute atomic E-state index is 12.6. The molecule has 0 aliphatic rings. The molecule has 0 aromatic heterocycles. The minimum atomic E-state index is -0.554. The lowest BCUT2D eigenvalue weighted by atomic mass is 10.1. The van der Waals surface area contributed by atoms with Crippen LogP contribution in [0.1, 0.15) is 16.7 Å². The zero-order valence-corrected chi connectivity index (χ0v) is 19.0. The number of nitriles is 1. The number of rotatable bonds is 7. The van der Waals surface area contributed by atoms with E-state index in [4.69, 9.17) is 32.7 Å². The second-order valence-corrected chi connectivity index (χ2v) is 7.66. The highest BCUT2D eigenvalue weighted by Gasteiger charge is 2.14. The Bertz CT molecular complexity index is 1200. The monoisotopic (exact) mass is 466 g/mol. The van der Waals surface area contributed by atoms with Crippen molar-refractivity contribution in [1.29, 1.82) is 5.26 Å². The quantitative estimate of drug-likeness (QED) is 0.321. The number of amides is 1. The van der Waals surface area contributed by atoms with Gasteiger partial charge in [0, 0.05) is 10.6 Å². The molecule has 5 nitrogen and oxygen atoms in total. The molecule has 0 fully saturated rings. The van der Waals surface area contributed by atoms with Crippen molar-refractivity contribution in [2.24, 2.45) is 0 Å². The van der Waals surface area contributed by atoms with Gasteiger partial charge in [0.25, 0.3) is 5.91 Å². The lowest BCUT2D eigenvalue weighted by molar-refractivity contribution is -0.112. The number of para-hydroxylation sites is 1. The third-order valence-corrected chi connectivity index (χ3v) is 5.35. The van der Waals surface area contributed by atoms with Crippen LogP contribution in [0.3, 0.4) is 0 Å². The van der Waals surface area contributed by atoms with Gasteiger partial charge in [0.1, 0.15) is 18.2 Å². The van der Waals surface area contributed by atoms with Crippen LogP contribution in [-0.4, -0.2) is 13.0 Å². The van der Waals surface area contributed by atoms with Crippen LogP contribution in [-0.2, 0) is 11.4 Å². The highest BCUT2D eigenvalue weighted by Crippen LogP contribution is 2.31. The van der Waals surface area contributed by atoms with E-state index in [0.29, 0.717) is 32.8 Å². The third kappa shape index (κ3) is 5.61. The summed E-state index contributed by atoms with van der Waals surface area (Å²) in [6.45, 7) is 2.09. The van der Waals surface area contributed by atoms with Crippen LogP contribution in [0.4, 0.5) is 5.69 Å². The number of aryl methyl sites for hydroxylation is 1. The van der Waals surface area contributed by atoms with Crippen LogP contribution in [0.25, 0.3) is 6.08 Å². The molecule has 0 aliphatic heterocycles. The minimum absolute atomic E-state index is 0.0730. The van der Waals surface area contributed by atoms with E-state index in [0.717, 1.165) is 11.1 Å². The molecule has 3 rings (SSSR count). The van der Waals surface area contributed by atoms with Gasteiger partial charge in [-0.2, -0.15) is 5.26 Å². The van der Waals surface area contributed by atoms with Crippen LogP contribution < -0.4 is 14.8 Å². The van der Waals surface area contributed by atoms with Gasteiger partial charge in [-0.1, -0.05) is 59.6 Å². The second-order valence-electron chi connectivity index (χ2n) is 6.85. The molecule has 3 aromatic carbocycles. The summed E-state index contributed by atoms with van der Waals surface area (Å²) in [5.74, 6) is 0.423. The standard InChI is InChI=1S/C25H20Cl2N2O3/c1-16-6-5-9-21(27)24(16)29-25(30)19(14-28)12-17-10-11-22(23(13-17)31-2)32-15-18-7-3-4-8-20(18)26/h3-13H,15H2,1-2H3,(H,29,30)/b19-12+. The van der Waals surface area contributed by atoms with Gasteiger partial charge in [0.05, 0.1) is 17.8 Å². The molecule has 0 unspecified atom stereocenters. The predicted octanol–water partition coefficient (Wildman–Crippen LogP) is 6.44. The van der Waals surface area contributed by atoms with Gasteiger partial charge in [-0.15, -0.1) is 0 Å². The number of carbonyl (C=O) groups excluding carboxylic acids is 1. The summed E-state index contributed by atoms with van der Waals surface area (Å²) < 4.78 is 11.3. The fraction of sp³-hybridized carbons (Fsp3) is 0.120. The van der Waals surface area contributed by atoms with Gasteiger partial charge >= 0.3 is 0 Å². The number of nitrogens with one attached hydrogen (secondary N) is 1. The Morgan fingerprint density at radius 2 is 1.81 bits per heavy atom. The smallest absolute Gasteiger partial charge is 0.266 e. The maximum atomic E-state index is 12.6. The molecule has 0 aliphatic carbocycles. The highest BCUT2D eigenvalue weighted by atomic mass is 35.5. The number of nitrogens with zero attached hydrogens (tertiary/aromatic N) is 1. The fourth-order valence-electron chi connectivity index (χ4n) is 2.95. The first kappa shape index (κ1) is 23.2. The number of anilines is 1. The number of hydrogen-bond donors (Lipinski definition) is 1. The van der Waals surface area contributed by atoms with E-state index in [2.05, 4.69) is 5.32 Å². The molecular weight excluding hydrogens is 447 g/mol. The summed E-state index contributed by atoms with van der Waals surface area (Å²) in [5, 5.41) is 13.2.